The zero-order valence-electron chi connectivity index (χ0n) is 10.6. The Morgan fingerprint density at radius 1 is 1.14 bits per heavy atom. The first-order chi connectivity index (χ1) is 9.99. The van der Waals surface area contributed by atoms with E-state index in [4.69, 9.17) is 9.94 Å². The molecule has 0 saturated carbocycles. The molecular weight excluding hydrogens is 500 g/mol. The molecule has 21 heavy (non-hydrogen) atoms. The van der Waals surface area contributed by atoms with E-state index in [1.807, 2.05) is 12.1 Å². The van der Waals surface area contributed by atoms with E-state index in [-0.39, 0.29) is 12.2 Å². The van der Waals surface area contributed by atoms with Gasteiger partial charge in [0, 0.05) is 0 Å². The lowest BCUT2D eigenvalue weighted by Crippen LogP contribution is -2.20. The van der Waals surface area contributed by atoms with Crippen molar-refractivity contribution in [3.63, 3.8) is 0 Å². The van der Waals surface area contributed by atoms with Crippen molar-refractivity contribution in [3.05, 3.63) is 49.1 Å². The minimum Gasteiger partial charge on any atom is -0.508 e. The van der Waals surface area contributed by atoms with Gasteiger partial charge in [-0.2, -0.15) is 0 Å². The second-order valence-corrected chi connectivity index (χ2v) is 6.52. The van der Waals surface area contributed by atoms with Crippen LogP contribution in [0.15, 0.2) is 36.4 Å². The number of phenols is 1. The van der Waals surface area contributed by atoms with Gasteiger partial charge in [-0.05, 0) is 87.1 Å². The van der Waals surface area contributed by atoms with Gasteiger partial charge in [0.1, 0.15) is 11.5 Å². The van der Waals surface area contributed by atoms with Crippen molar-refractivity contribution < 1.29 is 19.8 Å². The molecule has 0 radical (unpaired) electrons. The Balaban J connectivity index is 2.24. The van der Waals surface area contributed by atoms with Gasteiger partial charge in [-0.25, -0.2) is 5.48 Å². The van der Waals surface area contributed by atoms with Crippen molar-refractivity contribution in [2.24, 2.45) is 0 Å². The molecule has 0 aliphatic rings. The molecule has 7 heteroatoms. The summed E-state index contributed by atoms with van der Waals surface area (Å²) in [5.41, 5.74) is 2.40. The maximum Gasteiger partial charge on any atom is 0.247 e. The van der Waals surface area contributed by atoms with E-state index in [0.717, 1.165) is 12.7 Å². The Hall–Kier alpha value is -1.07. The Morgan fingerprint density at radius 3 is 2.24 bits per heavy atom. The number of phenolic OH excluding ortho intramolecular Hbond substituents is 1. The lowest BCUT2D eigenvalue weighted by atomic mass is 10.1. The van der Waals surface area contributed by atoms with Crippen molar-refractivity contribution in [2.45, 2.75) is 6.42 Å². The van der Waals surface area contributed by atoms with E-state index in [9.17, 15) is 9.90 Å². The fourth-order valence-electron chi connectivity index (χ4n) is 1.67. The molecule has 0 bridgehead atoms. The summed E-state index contributed by atoms with van der Waals surface area (Å²) in [6, 6.07) is 10.1. The molecule has 0 aromatic heterocycles. The number of hydrogen-bond donors (Lipinski definition) is 3. The maximum absolute atomic E-state index is 11.2. The summed E-state index contributed by atoms with van der Waals surface area (Å²) in [7, 11) is 0. The van der Waals surface area contributed by atoms with Gasteiger partial charge in [-0.1, -0.05) is 0 Å². The standard InChI is InChI=1S/C14H11I2NO4/c15-11-5-8(7-13(19)17-20)6-12(16)14(11)21-10-3-1-9(18)2-4-10/h1-6,18,20H,7H2,(H,17,19). The summed E-state index contributed by atoms with van der Waals surface area (Å²) >= 11 is 4.26. The summed E-state index contributed by atoms with van der Waals surface area (Å²) in [6.07, 6.45) is 0.0992. The molecule has 0 aliphatic carbocycles. The molecule has 0 saturated heterocycles. The molecular formula is C14H11I2NO4. The number of carbonyl (C=O) groups is 1. The second kappa shape index (κ2) is 7.27. The summed E-state index contributed by atoms with van der Waals surface area (Å²) in [5, 5.41) is 17.8. The molecule has 2 aromatic carbocycles. The molecule has 1 amide bonds. The number of carbonyl (C=O) groups excluding carboxylic acids is 1. The average molecular weight is 511 g/mol. The highest BCUT2D eigenvalue weighted by molar-refractivity contribution is 14.1. The number of ether oxygens (including phenoxy) is 1. The number of rotatable bonds is 4. The first-order valence-corrected chi connectivity index (χ1v) is 8.03. The lowest BCUT2D eigenvalue weighted by molar-refractivity contribution is -0.128. The summed E-state index contributed by atoms with van der Waals surface area (Å²) in [6.45, 7) is 0. The lowest BCUT2D eigenvalue weighted by Gasteiger charge is -2.12. The minimum atomic E-state index is -0.464. The van der Waals surface area contributed by atoms with Crippen LogP contribution < -0.4 is 10.2 Å². The zero-order valence-corrected chi connectivity index (χ0v) is 15.0. The predicted molar refractivity (Wildman–Crippen MR) is 93.7 cm³/mol. The first kappa shape index (κ1) is 16.3. The van der Waals surface area contributed by atoms with Crippen LogP contribution in [0, 0.1) is 7.14 Å². The molecule has 0 fully saturated rings. The largest absolute Gasteiger partial charge is 0.508 e. The first-order valence-electron chi connectivity index (χ1n) is 5.87. The van der Waals surface area contributed by atoms with E-state index in [1.54, 1.807) is 29.7 Å². The van der Waals surface area contributed by atoms with Crippen LogP contribution in [-0.2, 0) is 11.2 Å². The number of hydrogen-bond acceptors (Lipinski definition) is 4. The SMILES string of the molecule is O=C(Cc1cc(I)c(Oc2ccc(O)cc2)c(I)c1)NO. The van der Waals surface area contributed by atoms with Gasteiger partial charge in [-0.15, -0.1) is 0 Å². The Bertz CT molecular complexity index is 636. The highest BCUT2D eigenvalue weighted by Crippen LogP contribution is 2.33. The smallest absolute Gasteiger partial charge is 0.247 e. The highest BCUT2D eigenvalue weighted by atomic mass is 127. The van der Waals surface area contributed by atoms with Crippen molar-refractivity contribution in [1.29, 1.82) is 0 Å². The van der Waals surface area contributed by atoms with Gasteiger partial charge >= 0.3 is 0 Å². The predicted octanol–water partition coefficient (Wildman–Crippen LogP) is 3.44. The van der Waals surface area contributed by atoms with Gasteiger partial charge < -0.3 is 9.84 Å². The molecule has 2 rings (SSSR count). The van der Waals surface area contributed by atoms with E-state index >= 15 is 0 Å². The van der Waals surface area contributed by atoms with Crippen molar-refractivity contribution in [1.82, 2.24) is 5.48 Å². The van der Waals surface area contributed by atoms with E-state index < -0.39 is 5.91 Å². The fourth-order valence-corrected chi connectivity index (χ4v) is 3.79. The second-order valence-electron chi connectivity index (χ2n) is 4.20. The average Bonchev–Trinajstić information content (AvgIpc) is 2.44. The molecule has 0 spiro atoms. The third kappa shape index (κ3) is 4.45. The van der Waals surface area contributed by atoms with Crippen LogP contribution in [0.1, 0.15) is 5.56 Å². The van der Waals surface area contributed by atoms with Crippen molar-refractivity contribution in [2.75, 3.05) is 0 Å². The van der Waals surface area contributed by atoms with Crippen LogP contribution in [0.25, 0.3) is 0 Å². The molecule has 0 aliphatic heterocycles. The summed E-state index contributed by atoms with van der Waals surface area (Å²) < 4.78 is 7.52. The number of nitrogens with one attached hydrogen (secondary N) is 1. The zero-order chi connectivity index (χ0) is 15.4. The molecule has 2 aromatic rings. The van der Waals surface area contributed by atoms with Crippen LogP contribution in [0.5, 0.6) is 17.2 Å². The van der Waals surface area contributed by atoms with Gasteiger partial charge in [0.2, 0.25) is 5.91 Å². The minimum absolute atomic E-state index is 0.0992. The van der Waals surface area contributed by atoms with Crippen LogP contribution in [0.2, 0.25) is 0 Å². The van der Waals surface area contributed by atoms with Crippen LogP contribution >= 0.6 is 45.2 Å². The normalized spacial score (nSPS) is 10.2. The molecule has 5 nitrogen and oxygen atoms in total. The third-order valence-corrected chi connectivity index (χ3v) is 4.21. The number of benzene rings is 2. The summed E-state index contributed by atoms with van der Waals surface area (Å²) in [5.74, 6) is 1.02. The maximum atomic E-state index is 11.2. The van der Waals surface area contributed by atoms with Crippen LogP contribution in [0.4, 0.5) is 0 Å². The summed E-state index contributed by atoms with van der Waals surface area (Å²) in [4.78, 5) is 11.2. The third-order valence-electron chi connectivity index (χ3n) is 2.60. The number of hydroxylamine groups is 1. The Labute approximate surface area is 148 Å². The number of aromatic hydroxyl groups is 1. The highest BCUT2D eigenvalue weighted by Gasteiger charge is 2.12. The molecule has 110 valence electrons. The Morgan fingerprint density at radius 2 is 1.71 bits per heavy atom. The van der Waals surface area contributed by atoms with Crippen LogP contribution in [-0.4, -0.2) is 16.2 Å². The molecule has 0 heterocycles. The molecule has 0 unspecified atom stereocenters. The van der Waals surface area contributed by atoms with Crippen molar-refractivity contribution >= 4 is 51.1 Å². The fraction of sp³-hybridized carbons (Fsp3) is 0.0714. The monoisotopic (exact) mass is 511 g/mol. The van der Waals surface area contributed by atoms with Gasteiger partial charge in [0.15, 0.2) is 5.75 Å². The Kier molecular flexibility index (Phi) is 5.65. The van der Waals surface area contributed by atoms with E-state index in [2.05, 4.69) is 45.2 Å². The number of halogens is 2. The van der Waals surface area contributed by atoms with Gasteiger partial charge in [0.05, 0.1) is 13.6 Å². The molecule has 3 N–H and O–H groups in total. The van der Waals surface area contributed by atoms with E-state index in [0.29, 0.717) is 11.5 Å². The van der Waals surface area contributed by atoms with Crippen LogP contribution in [0.3, 0.4) is 0 Å². The number of amides is 1. The topological polar surface area (TPSA) is 78.8 Å². The molecule has 0 atom stereocenters. The van der Waals surface area contributed by atoms with Crippen molar-refractivity contribution in [3.8, 4) is 17.2 Å². The van der Waals surface area contributed by atoms with Gasteiger partial charge in [0.25, 0.3) is 0 Å². The van der Waals surface area contributed by atoms with Gasteiger partial charge in [-0.3, -0.25) is 10.0 Å². The van der Waals surface area contributed by atoms with E-state index in [1.165, 1.54) is 0 Å². The quantitative estimate of drug-likeness (QED) is 0.334.